The molecule has 0 aliphatic heterocycles. The maximum atomic E-state index is 11.4. The van der Waals surface area contributed by atoms with Crippen molar-refractivity contribution in [2.24, 2.45) is 0 Å². The molecule has 1 rings (SSSR count). The lowest BCUT2D eigenvalue weighted by atomic mass is 10.1. The Kier molecular flexibility index (Phi) is 3.32. The van der Waals surface area contributed by atoms with Gasteiger partial charge in [0.25, 0.3) is 0 Å². The molecule has 0 fully saturated rings. The summed E-state index contributed by atoms with van der Waals surface area (Å²) in [5.74, 6) is 0.670. The molecular weight excluding hydrogens is 188 g/mol. The highest BCUT2D eigenvalue weighted by atomic mass is 35.5. The number of carbonyl (C=O) groups is 1. The number of rotatable bonds is 3. The standard InChI is InChI=1S/C10H11ClO2/c1-7(11)10(12)8-3-5-9(13-2)6-4-8/h3-7H,1-2H3/t7-/m1/s1. The summed E-state index contributed by atoms with van der Waals surface area (Å²) in [5, 5.41) is -0.478. The fourth-order valence-electron chi connectivity index (χ4n) is 0.985. The normalized spacial score (nSPS) is 12.2. The summed E-state index contributed by atoms with van der Waals surface area (Å²) in [6.07, 6.45) is 0. The molecule has 1 atom stereocenters. The van der Waals surface area contributed by atoms with Gasteiger partial charge in [0.2, 0.25) is 0 Å². The van der Waals surface area contributed by atoms with E-state index in [4.69, 9.17) is 16.3 Å². The summed E-state index contributed by atoms with van der Waals surface area (Å²) in [4.78, 5) is 11.4. The summed E-state index contributed by atoms with van der Waals surface area (Å²) in [5.41, 5.74) is 0.614. The Morgan fingerprint density at radius 1 is 1.38 bits per heavy atom. The summed E-state index contributed by atoms with van der Waals surface area (Å²) < 4.78 is 4.97. The molecule has 0 amide bonds. The number of hydrogen-bond donors (Lipinski definition) is 0. The summed E-state index contributed by atoms with van der Waals surface area (Å²) in [6, 6.07) is 6.90. The van der Waals surface area contributed by atoms with E-state index in [-0.39, 0.29) is 5.78 Å². The molecule has 1 aromatic rings. The van der Waals surface area contributed by atoms with E-state index >= 15 is 0 Å². The number of alkyl halides is 1. The zero-order chi connectivity index (χ0) is 9.84. The molecule has 0 saturated heterocycles. The summed E-state index contributed by atoms with van der Waals surface area (Å²) in [7, 11) is 1.58. The molecule has 0 spiro atoms. The van der Waals surface area contributed by atoms with Crippen molar-refractivity contribution in [2.75, 3.05) is 7.11 Å². The highest BCUT2D eigenvalue weighted by Crippen LogP contribution is 2.14. The van der Waals surface area contributed by atoms with Crippen LogP contribution in [-0.2, 0) is 0 Å². The van der Waals surface area contributed by atoms with E-state index in [9.17, 15) is 4.79 Å². The molecule has 0 heterocycles. The first-order chi connectivity index (χ1) is 6.15. The molecule has 70 valence electrons. The highest BCUT2D eigenvalue weighted by Gasteiger charge is 2.11. The summed E-state index contributed by atoms with van der Waals surface area (Å²) in [6.45, 7) is 1.66. The molecule has 0 aliphatic rings. The second-order valence-electron chi connectivity index (χ2n) is 2.71. The molecule has 0 saturated carbocycles. The van der Waals surface area contributed by atoms with Gasteiger partial charge in [-0.25, -0.2) is 0 Å². The highest BCUT2D eigenvalue weighted by molar-refractivity contribution is 6.33. The Morgan fingerprint density at radius 2 is 1.92 bits per heavy atom. The maximum absolute atomic E-state index is 11.4. The van der Waals surface area contributed by atoms with Gasteiger partial charge in [0, 0.05) is 5.56 Å². The minimum atomic E-state index is -0.478. The Morgan fingerprint density at radius 3 is 2.31 bits per heavy atom. The van der Waals surface area contributed by atoms with E-state index in [1.54, 1.807) is 38.3 Å². The molecule has 0 bridgehead atoms. The Balaban J connectivity index is 2.86. The molecule has 0 aliphatic carbocycles. The average Bonchev–Trinajstić information content (AvgIpc) is 2.17. The quantitative estimate of drug-likeness (QED) is 0.551. The molecule has 0 N–H and O–H groups in total. The second-order valence-corrected chi connectivity index (χ2v) is 3.36. The average molecular weight is 199 g/mol. The molecule has 0 unspecified atom stereocenters. The van der Waals surface area contributed by atoms with E-state index in [0.29, 0.717) is 5.56 Å². The van der Waals surface area contributed by atoms with Gasteiger partial charge in [-0.2, -0.15) is 0 Å². The lowest BCUT2D eigenvalue weighted by Crippen LogP contribution is -2.09. The molecule has 13 heavy (non-hydrogen) atoms. The van der Waals surface area contributed by atoms with Gasteiger partial charge in [0.15, 0.2) is 5.78 Å². The van der Waals surface area contributed by atoms with Crippen molar-refractivity contribution in [3.63, 3.8) is 0 Å². The fourth-order valence-corrected chi connectivity index (χ4v) is 1.11. The van der Waals surface area contributed by atoms with Crippen LogP contribution >= 0.6 is 11.6 Å². The molecule has 1 aromatic carbocycles. The Labute approximate surface area is 82.5 Å². The number of halogens is 1. The number of ketones is 1. The van der Waals surface area contributed by atoms with Crippen LogP contribution in [0.25, 0.3) is 0 Å². The lowest BCUT2D eigenvalue weighted by molar-refractivity contribution is 0.0991. The van der Waals surface area contributed by atoms with Crippen LogP contribution in [0.2, 0.25) is 0 Å². The molecule has 0 aromatic heterocycles. The van der Waals surface area contributed by atoms with E-state index in [1.807, 2.05) is 0 Å². The number of Topliss-reactive ketones (excluding diaryl/α,β-unsaturated/α-hetero) is 1. The van der Waals surface area contributed by atoms with Crippen LogP contribution in [-0.4, -0.2) is 18.3 Å². The van der Waals surface area contributed by atoms with Gasteiger partial charge < -0.3 is 4.74 Å². The maximum Gasteiger partial charge on any atom is 0.180 e. The van der Waals surface area contributed by atoms with E-state index < -0.39 is 5.38 Å². The third-order valence-corrected chi connectivity index (χ3v) is 1.93. The summed E-state index contributed by atoms with van der Waals surface area (Å²) >= 11 is 5.66. The van der Waals surface area contributed by atoms with Crippen molar-refractivity contribution in [1.82, 2.24) is 0 Å². The number of benzene rings is 1. The Bertz CT molecular complexity index is 290. The van der Waals surface area contributed by atoms with Gasteiger partial charge in [-0.3, -0.25) is 4.79 Å². The monoisotopic (exact) mass is 198 g/mol. The first-order valence-corrected chi connectivity index (χ1v) is 4.41. The molecule has 3 heteroatoms. The third kappa shape index (κ3) is 2.46. The zero-order valence-corrected chi connectivity index (χ0v) is 8.34. The van der Waals surface area contributed by atoms with Gasteiger partial charge in [0.05, 0.1) is 12.5 Å². The van der Waals surface area contributed by atoms with Crippen LogP contribution in [0.5, 0.6) is 5.75 Å². The van der Waals surface area contributed by atoms with E-state index in [0.717, 1.165) is 5.75 Å². The van der Waals surface area contributed by atoms with Crippen LogP contribution < -0.4 is 4.74 Å². The van der Waals surface area contributed by atoms with Gasteiger partial charge in [-0.1, -0.05) is 0 Å². The van der Waals surface area contributed by atoms with Crippen LogP contribution in [0, 0.1) is 0 Å². The van der Waals surface area contributed by atoms with Gasteiger partial charge in [-0.05, 0) is 31.2 Å². The Hall–Kier alpha value is -1.02. The minimum Gasteiger partial charge on any atom is -0.497 e. The van der Waals surface area contributed by atoms with Crippen molar-refractivity contribution in [1.29, 1.82) is 0 Å². The van der Waals surface area contributed by atoms with Gasteiger partial charge in [0.1, 0.15) is 5.75 Å². The number of ether oxygens (including phenoxy) is 1. The largest absolute Gasteiger partial charge is 0.497 e. The first kappa shape index (κ1) is 10.1. The number of methoxy groups -OCH3 is 1. The topological polar surface area (TPSA) is 26.3 Å². The van der Waals surface area contributed by atoms with Crippen LogP contribution in [0.3, 0.4) is 0 Å². The van der Waals surface area contributed by atoms with Crippen molar-refractivity contribution in [2.45, 2.75) is 12.3 Å². The van der Waals surface area contributed by atoms with Crippen LogP contribution in [0.4, 0.5) is 0 Å². The zero-order valence-electron chi connectivity index (χ0n) is 7.58. The molecule has 2 nitrogen and oxygen atoms in total. The lowest BCUT2D eigenvalue weighted by Gasteiger charge is -2.03. The van der Waals surface area contributed by atoms with E-state index in [2.05, 4.69) is 0 Å². The smallest absolute Gasteiger partial charge is 0.180 e. The first-order valence-electron chi connectivity index (χ1n) is 3.97. The van der Waals surface area contributed by atoms with Gasteiger partial charge in [-0.15, -0.1) is 11.6 Å². The SMILES string of the molecule is COc1ccc(C(=O)[C@@H](C)Cl)cc1. The van der Waals surface area contributed by atoms with Crippen LogP contribution in [0.1, 0.15) is 17.3 Å². The predicted molar refractivity (Wildman–Crippen MR) is 52.6 cm³/mol. The van der Waals surface area contributed by atoms with E-state index in [1.165, 1.54) is 0 Å². The molecule has 0 radical (unpaired) electrons. The number of carbonyl (C=O) groups excluding carboxylic acids is 1. The van der Waals surface area contributed by atoms with Crippen LogP contribution in [0.15, 0.2) is 24.3 Å². The van der Waals surface area contributed by atoms with Crippen molar-refractivity contribution >= 4 is 17.4 Å². The van der Waals surface area contributed by atoms with Crippen molar-refractivity contribution in [3.05, 3.63) is 29.8 Å². The predicted octanol–water partition coefficient (Wildman–Crippen LogP) is 2.51. The third-order valence-electron chi connectivity index (χ3n) is 1.74. The molecular formula is C10H11ClO2. The second kappa shape index (κ2) is 4.28. The minimum absolute atomic E-state index is 0.0654. The number of hydrogen-bond acceptors (Lipinski definition) is 2. The van der Waals surface area contributed by atoms with Crippen molar-refractivity contribution in [3.8, 4) is 5.75 Å². The van der Waals surface area contributed by atoms with Gasteiger partial charge >= 0.3 is 0 Å². The fraction of sp³-hybridized carbons (Fsp3) is 0.300. The van der Waals surface area contributed by atoms with Crippen molar-refractivity contribution < 1.29 is 9.53 Å².